The van der Waals surface area contributed by atoms with Crippen LogP contribution in [0.5, 0.6) is 0 Å². The third-order valence-corrected chi connectivity index (χ3v) is 4.20. The summed E-state index contributed by atoms with van der Waals surface area (Å²) in [6.45, 7) is 4.26. The highest BCUT2D eigenvalue weighted by Gasteiger charge is 2.30. The van der Waals surface area contributed by atoms with E-state index in [0.29, 0.717) is 5.92 Å². The van der Waals surface area contributed by atoms with Crippen molar-refractivity contribution in [2.75, 3.05) is 18.0 Å². The van der Waals surface area contributed by atoms with E-state index in [1.807, 2.05) is 18.7 Å². The maximum absolute atomic E-state index is 4.87. The number of hydrogen-bond donors (Lipinski definition) is 0. The second-order valence-electron chi connectivity index (χ2n) is 5.78. The van der Waals surface area contributed by atoms with Crippen molar-refractivity contribution in [1.29, 1.82) is 0 Å². The fourth-order valence-corrected chi connectivity index (χ4v) is 3.01. The molecule has 3 heterocycles. The first-order chi connectivity index (χ1) is 9.24. The summed E-state index contributed by atoms with van der Waals surface area (Å²) in [5, 5.41) is 4.53. The van der Waals surface area contributed by atoms with Gasteiger partial charge in [-0.15, -0.1) is 0 Å². The Morgan fingerprint density at radius 1 is 1.11 bits per heavy atom. The molecule has 0 bridgehead atoms. The average Bonchev–Trinajstić information content (AvgIpc) is 3.03. The molecule has 1 saturated heterocycles. The van der Waals surface area contributed by atoms with Gasteiger partial charge in [-0.3, -0.25) is 4.68 Å². The summed E-state index contributed by atoms with van der Waals surface area (Å²) in [6, 6.07) is 0. The average molecular weight is 257 g/mol. The summed E-state index contributed by atoms with van der Waals surface area (Å²) in [7, 11) is 2.00. The van der Waals surface area contributed by atoms with Crippen LogP contribution in [0.4, 0.5) is 5.82 Å². The highest BCUT2D eigenvalue weighted by molar-refractivity contribution is 5.88. The van der Waals surface area contributed by atoms with Crippen LogP contribution in [-0.2, 0) is 7.05 Å². The van der Waals surface area contributed by atoms with Crippen molar-refractivity contribution >= 4 is 16.9 Å². The van der Waals surface area contributed by atoms with Crippen LogP contribution in [0.25, 0.3) is 11.0 Å². The van der Waals surface area contributed by atoms with Crippen LogP contribution in [0.3, 0.4) is 0 Å². The maximum Gasteiger partial charge on any atom is 0.158 e. The summed E-state index contributed by atoms with van der Waals surface area (Å²) in [6.07, 6.45) is 5.01. The van der Waals surface area contributed by atoms with Gasteiger partial charge in [0.25, 0.3) is 0 Å². The lowest BCUT2D eigenvalue weighted by atomic mass is 10.3. The molecule has 2 aliphatic rings. The molecular formula is C14H19N5. The standard InChI is InChI=1S/C14H19N5/c1-9-11-12(18(2)17-9)14(19-7-3-4-8-19)16-13(15-11)10-5-6-10/h10H,3-8H2,1-2H3. The SMILES string of the molecule is Cc1nn(C)c2c(N3CCCC3)nc(C3CC3)nc12. The number of nitrogens with zero attached hydrogens (tertiary/aromatic N) is 5. The molecule has 2 aromatic rings. The molecule has 19 heavy (non-hydrogen) atoms. The van der Waals surface area contributed by atoms with Gasteiger partial charge in [0.05, 0.1) is 5.69 Å². The molecule has 2 fully saturated rings. The molecule has 0 unspecified atom stereocenters. The minimum atomic E-state index is 0.588. The summed E-state index contributed by atoms with van der Waals surface area (Å²) in [5.41, 5.74) is 3.16. The Labute approximate surface area is 112 Å². The monoisotopic (exact) mass is 257 g/mol. The van der Waals surface area contributed by atoms with E-state index in [9.17, 15) is 0 Å². The van der Waals surface area contributed by atoms with Crippen molar-refractivity contribution in [3.63, 3.8) is 0 Å². The number of fused-ring (bicyclic) bond motifs is 1. The number of rotatable bonds is 2. The van der Waals surface area contributed by atoms with Crippen LogP contribution >= 0.6 is 0 Å². The molecule has 100 valence electrons. The van der Waals surface area contributed by atoms with Crippen molar-refractivity contribution in [2.24, 2.45) is 7.05 Å². The zero-order chi connectivity index (χ0) is 13.0. The van der Waals surface area contributed by atoms with E-state index in [4.69, 9.17) is 9.97 Å². The first-order valence-electron chi connectivity index (χ1n) is 7.20. The Kier molecular flexibility index (Phi) is 2.31. The van der Waals surface area contributed by atoms with Gasteiger partial charge < -0.3 is 4.90 Å². The molecule has 5 nitrogen and oxygen atoms in total. The largest absolute Gasteiger partial charge is 0.355 e. The van der Waals surface area contributed by atoms with Crippen molar-refractivity contribution in [1.82, 2.24) is 19.7 Å². The van der Waals surface area contributed by atoms with Crippen molar-refractivity contribution in [3.8, 4) is 0 Å². The van der Waals surface area contributed by atoms with Gasteiger partial charge in [0.1, 0.15) is 16.9 Å². The normalized spacial score (nSPS) is 19.6. The quantitative estimate of drug-likeness (QED) is 0.827. The Morgan fingerprint density at radius 2 is 1.84 bits per heavy atom. The van der Waals surface area contributed by atoms with Crippen LogP contribution in [-0.4, -0.2) is 32.8 Å². The van der Waals surface area contributed by atoms with Gasteiger partial charge in [-0.25, -0.2) is 9.97 Å². The molecule has 0 spiro atoms. The summed E-state index contributed by atoms with van der Waals surface area (Å²) >= 11 is 0. The molecule has 1 aliphatic carbocycles. The van der Waals surface area contributed by atoms with Gasteiger partial charge >= 0.3 is 0 Å². The third-order valence-electron chi connectivity index (χ3n) is 4.20. The van der Waals surface area contributed by atoms with E-state index in [0.717, 1.165) is 41.5 Å². The van der Waals surface area contributed by atoms with Gasteiger partial charge in [-0.05, 0) is 32.6 Å². The van der Waals surface area contributed by atoms with E-state index in [1.165, 1.54) is 25.7 Å². The molecule has 4 rings (SSSR count). The fraction of sp³-hybridized carbons (Fsp3) is 0.643. The topological polar surface area (TPSA) is 46.8 Å². The molecule has 0 amide bonds. The second-order valence-corrected chi connectivity index (χ2v) is 5.78. The molecule has 0 atom stereocenters. The molecule has 0 N–H and O–H groups in total. The molecular weight excluding hydrogens is 238 g/mol. The zero-order valence-electron chi connectivity index (χ0n) is 11.6. The lowest BCUT2D eigenvalue weighted by molar-refractivity contribution is 0.776. The van der Waals surface area contributed by atoms with E-state index in [1.54, 1.807) is 0 Å². The lowest BCUT2D eigenvalue weighted by Gasteiger charge is -2.18. The van der Waals surface area contributed by atoms with Crippen molar-refractivity contribution in [3.05, 3.63) is 11.5 Å². The van der Waals surface area contributed by atoms with Gasteiger partial charge in [0, 0.05) is 26.1 Å². The Balaban J connectivity index is 1.96. The molecule has 1 aliphatic heterocycles. The van der Waals surface area contributed by atoms with Gasteiger partial charge in [-0.2, -0.15) is 5.10 Å². The smallest absolute Gasteiger partial charge is 0.158 e. The summed E-state index contributed by atoms with van der Waals surface area (Å²) in [4.78, 5) is 12.0. The van der Waals surface area contributed by atoms with Gasteiger partial charge in [0.2, 0.25) is 0 Å². The number of aromatic nitrogens is 4. The van der Waals surface area contributed by atoms with Gasteiger partial charge in [-0.1, -0.05) is 0 Å². The molecule has 1 saturated carbocycles. The molecule has 5 heteroatoms. The Bertz CT molecular complexity index is 635. The van der Waals surface area contributed by atoms with Gasteiger partial charge in [0.15, 0.2) is 5.82 Å². The van der Waals surface area contributed by atoms with E-state index in [-0.39, 0.29) is 0 Å². The van der Waals surface area contributed by atoms with E-state index in [2.05, 4.69) is 10.00 Å². The maximum atomic E-state index is 4.87. The van der Waals surface area contributed by atoms with E-state index >= 15 is 0 Å². The van der Waals surface area contributed by atoms with E-state index < -0.39 is 0 Å². The summed E-state index contributed by atoms with van der Waals surface area (Å²) < 4.78 is 1.94. The molecule has 2 aromatic heterocycles. The van der Waals surface area contributed by atoms with Crippen LogP contribution < -0.4 is 4.90 Å². The highest BCUT2D eigenvalue weighted by Crippen LogP contribution is 2.40. The second kappa shape index (κ2) is 3.92. The van der Waals surface area contributed by atoms with Crippen molar-refractivity contribution in [2.45, 2.75) is 38.5 Å². The molecule has 0 aromatic carbocycles. The Hall–Kier alpha value is -1.65. The van der Waals surface area contributed by atoms with Crippen LogP contribution in [0.1, 0.15) is 43.1 Å². The Morgan fingerprint density at radius 3 is 2.53 bits per heavy atom. The minimum absolute atomic E-state index is 0.588. The summed E-state index contributed by atoms with van der Waals surface area (Å²) in [5.74, 6) is 2.73. The van der Waals surface area contributed by atoms with Crippen LogP contribution in [0, 0.1) is 6.92 Å². The predicted molar refractivity (Wildman–Crippen MR) is 74.5 cm³/mol. The zero-order valence-corrected chi connectivity index (χ0v) is 11.6. The number of aryl methyl sites for hydroxylation is 2. The lowest BCUT2D eigenvalue weighted by Crippen LogP contribution is -2.21. The molecule has 0 radical (unpaired) electrons. The number of hydrogen-bond acceptors (Lipinski definition) is 4. The van der Waals surface area contributed by atoms with Crippen LogP contribution in [0.15, 0.2) is 0 Å². The fourth-order valence-electron chi connectivity index (χ4n) is 3.01. The minimum Gasteiger partial charge on any atom is -0.355 e. The predicted octanol–water partition coefficient (Wildman–Crippen LogP) is 2.15. The number of anilines is 1. The van der Waals surface area contributed by atoms with Crippen molar-refractivity contribution < 1.29 is 0 Å². The third kappa shape index (κ3) is 1.71. The highest BCUT2D eigenvalue weighted by atomic mass is 15.3. The first-order valence-corrected chi connectivity index (χ1v) is 7.20. The van der Waals surface area contributed by atoms with Crippen LogP contribution in [0.2, 0.25) is 0 Å². The first kappa shape index (κ1) is 11.2.